The molecule has 0 aliphatic heterocycles. The van der Waals surface area contributed by atoms with Gasteiger partial charge in [0.15, 0.2) is 0 Å². The molecule has 1 amide bonds. The Labute approximate surface area is 224 Å². The lowest BCUT2D eigenvalue weighted by Gasteiger charge is -2.26. The van der Waals surface area contributed by atoms with Crippen molar-refractivity contribution in [3.05, 3.63) is 126 Å². The van der Waals surface area contributed by atoms with Gasteiger partial charge in [-0.1, -0.05) is 84.9 Å². The second-order valence-electron chi connectivity index (χ2n) is 9.68. The molecule has 0 saturated carbocycles. The van der Waals surface area contributed by atoms with Crippen LogP contribution < -0.4 is 11.1 Å². The highest BCUT2D eigenvalue weighted by molar-refractivity contribution is 5.68. The van der Waals surface area contributed by atoms with E-state index in [2.05, 4.69) is 10.3 Å². The van der Waals surface area contributed by atoms with E-state index in [0.717, 1.165) is 33.5 Å². The van der Waals surface area contributed by atoms with Gasteiger partial charge in [-0.3, -0.25) is 4.98 Å². The molecule has 1 aromatic heterocycles. The fourth-order valence-electron chi connectivity index (χ4n) is 4.43. The van der Waals surface area contributed by atoms with Crippen LogP contribution >= 0.6 is 0 Å². The molecule has 6 heteroatoms. The van der Waals surface area contributed by atoms with Gasteiger partial charge < -0.3 is 20.9 Å². The Morgan fingerprint density at radius 3 is 2.18 bits per heavy atom. The molecule has 1 heterocycles. The molecule has 4 aromatic rings. The summed E-state index contributed by atoms with van der Waals surface area (Å²) >= 11 is 0. The summed E-state index contributed by atoms with van der Waals surface area (Å²) in [5.74, 6) is 0. The number of carbonyl (C=O) groups excluding carboxylic acids is 1. The molecule has 4 N–H and O–H groups in total. The van der Waals surface area contributed by atoms with Crippen molar-refractivity contribution in [2.24, 2.45) is 5.73 Å². The fraction of sp³-hybridized carbons (Fsp3) is 0.250. The number of aliphatic hydroxyl groups is 1. The quantitative estimate of drug-likeness (QED) is 0.258. The number of hydrogen-bond donors (Lipinski definition) is 3. The first-order valence-electron chi connectivity index (χ1n) is 12.9. The third kappa shape index (κ3) is 8.26. The highest BCUT2D eigenvalue weighted by Crippen LogP contribution is 2.20. The molecule has 38 heavy (non-hydrogen) atoms. The normalized spacial score (nSPS) is 13.3. The standard InChI is InChI=1S/C32H35N3O3/c1-23-16-17-34-29(18-23)27-14-12-25(13-15-27)20-30(35-32(37)38-22-26-10-6-3-7-11-26)31(36)21-28(33)19-24-8-4-2-5-9-24/h2-18,28,30-31,36H,19-22,33H2,1H3,(H,35,37)/t28-,30-,31-/m0/s1. The van der Waals surface area contributed by atoms with Crippen molar-refractivity contribution in [2.45, 2.75) is 51.0 Å². The Bertz CT molecular complexity index is 1280. The summed E-state index contributed by atoms with van der Waals surface area (Å²) in [6.45, 7) is 2.19. The first kappa shape index (κ1) is 27.0. The van der Waals surface area contributed by atoms with Gasteiger partial charge in [0.05, 0.1) is 17.8 Å². The van der Waals surface area contributed by atoms with Crippen molar-refractivity contribution in [2.75, 3.05) is 0 Å². The largest absolute Gasteiger partial charge is 0.445 e. The van der Waals surface area contributed by atoms with Crippen LogP contribution in [-0.4, -0.2) is 34.4 Å². The van der Waals surface area contributed by atoms with Crippen LogP contribution in [0.3, 0.4) is 0 Å². The zero-order chi connectivity index (χ0) is 26.7. The molecule has 0 aliphatic rings. The van der Waals surface area contributed by atoms with Crippen LogP contribution in [0.4, 0.5) is 4.79 Å². The highest BCUT2D eigenvalue weighted by atomic mass is 16.5. The van der Waals surface area contributed by atoms with E-state index in [4.69, 9.17) is 10.5 Å². The van der Waals surface area contributed by atoms with E-state index in [0.29, 0.717) is 19.3 Å². The van der Waals surface area contributed by atoms with Crippen molar-refractivity contribution >= 4 is 6.09 Å². The van der Waals surface area contributed by atoms with Crippen LogP contribution in [-0.2, 0) is 24.2 Å². The lowest BCUT2D eigenvalue weighted by molar-refractivity contribution is 0.0922. The van der Waals surface area contributed by atoms with Gasteiger partial charge in [-0.15, -0.1) is 0 Å². The zero-order valence-corrected chi connectivity index (χ0v) is 21.7. The molecule has 4 rings (SSSR count). The number of nitrogens with one attached hydrogen (secondary N) is 1. The molecular formula is C32H35N3O3. The lowest BCUT2D eigenvalue weighted by Crippen LogP contribution is -2.47. The lowest BCUT2D eigenvalue weighted by atomic mass is 9.93. The summed E-state index contributed by atoms with van der Waals surface area (Å²) in [5.41, 5.74) is 12.4. The molecular weight excluding hydrogens is 474 g/mol. The Hall–Kier alpha value is -4.00. The van der Waals surface area contributed by atoms with Crippen molar-refractivity contribution in [1.29, 1.82) is 0 Å². The molecule has 0 saturated heterocycles. The molecule has 0 radical (unpaired) electrons. The number of aliphatic hydroxyl groups excluding tert-OH is 1. The molecule has 0 unspecified atom stereocenters. The van der Waals surface area contributed by atoms with Gasteiger partial charge >= 0.3 is 6.09 Å². The van der Waals surface area contributed by atoms with Crippen molar-refractivity contribution in [1.82, 2.24) is 10.3 Å². The number of amides is 1. The van der Waals surface area contributed by atoms with Gasteiger partial charge in [-0.2, -0.15) is 0 Å². The predicted octanol–water partition coefficient (Wildman–Crippen LogP) is 5.22. The molecule has 0 bridgehead atoms. The third-order valence-electron chi connectivity index (χ3n) is 6.49. The van der Waals surface area contributed by atoms with Gasteiger partial charge in [-0.05, 0) is 60.6 Å². The average Bonchev–Trinajstić information content (AvgIpc) is 2.93. The van der Waals surface area contributed by atoms with Crippen LogP contribution in [0.1, 0.15) is 28.7 Å². The highest BCUT2D eigenvalue weighted by Gasteiger charge is 2.25. The first-order chi connectivity index (χ1) is 18.5. The van der Waals surface area contributed by atoms with Crippen LogP contribution in [0.2, 0.25) is 0 Å². The smallest absolute Gasteiger partial charge is 0.407 e. The first-order valence-corrected chi connectivity index (χ1v) is 12.9. The second-order valence-corrected chi connectivity index (χ2v) is 9.68. The minimum Gasteiger partial charge on any atom is -0.445 e. The molecule has 3 aromatic carbocycles. The van der Waals surface area contributed by atoms with Crippen LogP contribution in [0, 0.1) is 6.92 Å². The Morgan fingerprint density at radius 1 is 0.895 bits per heavy atom. The zero-order valence-electron chi connectivity index (χ0n) is 21.7. The fourth-order valence-corrected chi connectivity index (χ4v) is 4.43. The van der Waals surface area contributed by atoms with E-state index in [1.165, 1.54) is 0 Å². The van der Waals surface area contributed by atoms with E-state index in [-0.39, 0.29) is 12.6 Å². The number of carbonyl (C=O) groups is 1. The van der Waals surface area contributed by atoms with Gasteiger partial charge in [0.2, 0.25) is 0 Å². The molecule has 6 nitrogen and oxygen atoms in total. The topological polar surface area (TPSA) is 97.5 Å². The summed E-state index contributed by atoms with van der Waals surface area (Å²) in [4.78, 5) is 17.1. The maximum absolute atomic E-state index is 12.7. The SMILES string of the molecule is Cc1ccnc(-c2ccc(C[C@H](NC(=O)OCc3ccccc3)[C@@H](O)C[C@@H](N)Cc3ccccc3)cc2)c1. The van der Waals surface area contributed by atoms with Gasteiger partial charge in [0, 0.05) is 17.8 Å². The number of nitrogens with zero attached hydrogens (tertiary/aromatic N) is 1. The molecule has 3 atom stereocenters. The maximum atomic E-state index is 12.7. The number of rotatable bonds is 11. The van der Waals surface area contributed by atoms with Gasteiger partial charge in [0.1, 0.15) is 6.61 Å². The van der Waals surface area contributed by atoms with Crippen LogP contribution in [0.15, 0.2) is 103 Å². The summed E-state index contributed by atoms with van der Waals surface area (Å²) in [7, 11) is 0. The Morgan fingerprint density at radius 2 is 1.53 bits per heavy atom. The number of ether oxygens (including phenoxy) is 1. The Kier molecular flexibility index (Phi) is 9.62. The number of hydrogen-bond acceptors (Lipinski definition) is 5. The number of aryl methyl sites for hydroxylation is 1. The number of aromatic nitrogens is 1. The van der Waals surface area contributed by atoms with Gasteiger partial charge in [-0.25, -0.2) is 4.79 Å². The second kappa shape index (κ2) is 13.5. The van der Waals surface area contributed by atoms with Crippen LogP contribution in [0.5, 0.6) is 0 Å². The minimum atomic E-state index is -0.851. The number of benzene rings is 3. The van der Waals surface area contributed by atoms with Crippen molar-refractivity contribution < 1.29 is 14.6 Å². The molecule has 0 fully saturated rings. The molecule has 0 aliphatic carbocycles. The monoisotopic (exact) mass is 509 g/mol. The number of nitrogens with two attached hydrogens (primary N) is 1. The minimum absolute atomic E-state index is 0.154. The summed E-state index contributed by atoms with van der Waals surface area (Å²) in [6, 6.07) is 30.7. The maximum Gasteiger partial charge on any atom is 0.407 e. The predicted molar refractivity (Wildman–Crippen MR) is 150 cm³/mol. The summed E-state index contributed by atoms with van der Waals surface area (Å²) in [6.07, 6.45) is 1.78. The summed E-state index contributed by atoms with van der Waals surface area (Å²) in [5, 5.41) is 14.0. The van der Waals surface area contributed by atoms with Crippen molar-refractivity contribution in [3.63, 3.8) is 0 Å². The van der Waals surface area contributed by atoms with Gasteiger partial charge in [0.25, 0.3) is 0 Å². The molecule has 196 valence electrons. The van der Waals surface area contributed by atoms with E-state index in [9.17, 15) is 9.90 Å². The van der Waals surface area contributed by atoms with Crippen LogP contribution in [0.25, 0.3) is 11.3 Å². The van der Waals surface area contributed by atoms with E-state index in [1.807, 2.05) is 104 Å². The van der Waals surface area contributed by atoms with Crippen molar-refractivity contribution in [3.8, 4) is 11.3 Å². The summed E-state index contributed by atoms with van der Waals surface area (Å²) < 4.78 is 5.43. The Balaban J connectivity index is 1.43. The average molecular weight is 510 g/mol. The number of alkyl carbamates (subject to hydrolysis) is 1. The van der Waals surface area contributed by atoms with E-state index in [1.54, 1.807) is 6.20 Å². The molecule has 0 spiro atoms. The van der Waals surface area contributed by atoms with E-state index < -0.39 is 18.2 Å². The third-order valence-corrected chi connectivity index (χ3v) is 6.49. The number of pyridine rings is 1. The van der Waals surface area contributed by atoms with E-state index >= 15 is 0 Å².